The molecule has 22 heavy (non-hydrogen) atoms. The lowest BCUT2D eigenvalue weighted by Gasteiger charge is -2.13. The van der Waals surface area contributed by atoms with Gasteiger partial charge in [-0.15, -0.1) is 0 Å². The Morgan fingerprint density at radius 2 is 2.14 bits per heavy atom. The van der Waals surface area contributed by atoms with Gasteiger partial charge < -0.3 is 10.6 Å². The molecule has 1 aromatic rings. The first-order valence-corrected chi connectivity index (χ1v) is 8.34. The molecule has 0 saturated carbocycles. The van der Waals surface area contributed by atoms with Crippen molar-refractivity contribution >= 4 is 6.03 Å². The Hall–Kier alpha value is -1.78. The molecule has 0 unspecified atom stereocenters. The van der Waals surface area contributed by atoms with Crippen LogP contribution >= 0.6 is 0 Å². The summed E-state index contributed by atoms with van der Waals surface area (Å²) in [4.78, 5) is 11.9. The molecule has 2 amide bonds. The van der Waals surface area contributed by atoms with Crippen LogP contribution in [0.15, 0.2) is 11.6 Å². The average Bonchev–Trinajstić information content (AvgIpc) is 2.80. The SMILES string of the molecule is CCn1nc(C)c(CNC(=O)NCCC2=CCCCC2)c1C. The predicted molar refractivity (Wildman–Crippen MR) is 88.8 cm³/mol. The first-order chi connectivity index (χ1) is 10.6. The van der Waals surface area contributed by atoms with Crippen molar-refractivity contribution in [2.45, 2.75) is 66.0 Å². The van der Waals surface area contributed by atoms with Crippen LogP contribution in [0.5, 0.6) is 0 Å². The summed E-state index contributed by atoms with van der Waals surface area (Å²) in [5.74, 6) is 0. The third-order valence-electron chi connectivity index (χ3n) is 4.37. The zero-order valence-corrected chi connectivity index (χ0v) is 14.0. The van der Waals surface area contributed by atoms with Crippen LogP contribution in [-0.2, 0) is 13.1 Å². The van der Waals surface area contributed by atoms with E-state index in [1.54, 1.807) is 0 Å². The molecule has 1 aliphatic carbocycles. The van der Waals surface area contributed by atoms with Gasteiger partial charge in [0.15, 0.2) is 0 Å². The molecule has 0 saturated heterocycles. The van der Waals surface area contributed by atoms with Gasteiger partial charge in [0.05, 0.1) is 5.69 Å². The van der Waals surface area contributed by atoms with Crippen molar-refractivity contribution in [1.29, 1.82) is 0 Å². The van der Waals surface area contributed by atoms with Crippen LogP contribution < -0.4 is 10.6 Å². The fourth-order valence-corrected chi connectivity index (χ4v) is 3.00. The zero-order valence-electron chi connectivity index (χ0n) is 14.0. The maximum absolute atomic E-state index is 11.9. The second kappa shape index (κ2) is 8.01. The highest BCUT2D eigenvalue weighted by Gasteiger charge is 2.11. The summed E-state index contributed by atoms with van der Waals surface area (Å²) in [6.45, 7) is 8.21. The molecule has 1 aliphatic rings. The lowest BCUT2D eigenvalue weighted by Crippen LogP contribution is -2.36. The number of aromatic nitrogens is 2. The van der Waals surface area contributed by atoms with Gasteiger partial charge in [-0.3, -0.25) is 4.68 Å². The predicted octanol–water partition coefficient (Wildman–Crippen LogP) is 3.21. The van der Waals surface area contributed by atoms with Crippen molar-refractivity contribution in [2.24, 2.45) is 0 Å². The number of carbonyl (C=O) groups excluding carboxylic acids is 1. The molecule has 122 valence electrons. The van der Waals surface area contributed by atoms with E-state index in [0.29, 0.717) is 13.1 Å². The van der Waals surface area contributed by atoms with Crippen LogP contribution in [0.4, 0.5) is 4.79 Å². The summed E-state index contributed by atoms with van der Waals surface area (Å²) < 4.78 is 1.97. The van der Waals surface area contributed by atoms with Crippen molar-refractivity contribution in [3.8, 4) is 0 Å². The third-order valence-corrected chi connectivity index (χ3v) is 4.37. The summed E-state index contributed by atoms with van der Waals surface area (Å²) in [7, 11) is 0. The topological polar surface area (TPSA) is 59.0 Å². The van der Waals surface area contributed by atoms with Crippen LogP contribution in [0.2, 0.25) is 0 Å². The number of rotatable bonds is 6. The Labute approximate surface area is 133 Å². The maximum atomic E-state index is 11.9. The van der Waals surface area contributed by atoms with Gasteiger partial charge in [-0.25, -0.2) is 4.79 Å². The summed E-state index contributed by atoms with van der Waals surface area (Å²) in [5, 5.41) is 10.3. The summed E-state index contributed by atoms with van der Waals surface area (Å²) in [6.07, 6.45) is 8.28. The number of hydrogen-bond donors (Lipinski definition) is 2. The van der Waals surface area contributed by atoms with E-state index in [9.17, 15) is 4.79 Å². The van der Waals surface area contributed by atoms with Crippen LogP contribution in [0.25, 0.3) is 0 Å². The minimum Gasteiger partial charge on any atom is -0.338 e. The van der Waals surface area contributed by atoms with Crippen molar-refractivity contribution < 1.29 is 4.79 Å². The van der Waals surface area contributed by atoms with Crippen LogP contribution in [-0.4, -0.2) is 22.4 Å². The number of aryl methyl sites for hydroxylation is 2. The summed E-state index contributed by atoms with van der Waals surface area (Å²) in [5.41, 5.74) is 4.73. The summed E-state index contributed by atoms with van der Waals surface area (Å²) >= 11 is 0. The number of urea groups is 1. The van der Waals surface area contributed by atoms with Gasteiger partial charge in [0.25, 0.3) is 0 Å². The van der Waals surface area contributed by atoms with Gasteiger partial charge in [-0.1, -0.05) is 11.6 Å². The number of carbonyl (C=O) groups is 1. The van der Waals surface area contributed by atoms with Gasteiger partial charge in [0, 0.05) is 30.9 Å². The van der Waals surface area contributed by atoms with E-state index in [4.69, 9.17) is 0 Å². The normalized spacial score (nSPS) is 14.6. The minimum absolute atomic E-state index is 0.0977. The highest BCUT2D eigenvalue weighted by Crippen LogP contribution is 2.19. The second-order valence-electron chi connectivity index (χ2n) is 5.93. The van der Waals surface area contributed by atoms with E-state index >= 15 is 0 Å². The molecule has 2 N–H and O–H groups in total. The lowest BCUT2D eigenvalue weighted by atomic mass is 9.97. The van der Waals surface area contributed by atoms with E-state index < -0.39 is 0 Å². The van der Waals surface area contributed by atoms with Gasteiger partial charge in [0.2, 0.25) is 0 Å². The Bertz CT molecular complexity index is 545. The van der Waals surface area contributed by atoms with Gasteiger partial charge in [-0.05, 0) is 52.9 Å². The van der Waals surface area contributed by atoms with E-state index in [1.807, 2.05) is 18.5 Å². The molecule has 2 rings (SSSR count). The van der Waals surface area contributed by atoms with Crippen molar-refractivity contribution in [1.82, 2.24) is 20.4 Å². The highest BCUT2D eigenvalue weighted by molar-refractivity contribution is 5.73. The van der Waals surface area contributed by atoms with Crippen molar-refractivity contribution in [3.05, 3.63) is 28.6 Å². The van der Waals surface area contributed by atoms with E-state index in [1.165, 1.54) is 31.3 Å². The van der Waals surface area contributed by atoms with E-state index in [2.05, 4.69) is 28.7 Å². The number of nitrogens with zero attached hydrogens (tertiary/aromatic N) is 2. The molecule has 0 fully saturated rings. The molecular formula is C17H28N4O. The Morgan fingerprint density at radius 3 is 2.77 bits per heavy atom. The molecule has 0 spiro atoms. The Balaban J connectivity index is 1.73. The highest BCUT2D eigenvalue weighted by atomic mass is 16.2. The van der Waals surface area contributed by atoms with Gasteiger partial charge >= 0.3 is 6.03 Å². The first kappa shape index (κ1) is 16.6. The Kier molecular flexibility index (Phi) is 6.04. The van der Waals surface area contributed by atoms with Crippen LogP contribution in [0.1, 0.15) is 56.0 Å². The Morgan fingerprint density at radius 1 is 1.32 bits per heavy atom. The molecule has 0 radical (unpaired) electrons. The number of hydrogen-bond acceptors (Lipinski definition) is 2. The first-order valence-electron chi connectivity index (χ1n) is 8.34. The third kappa shape index (κ3) is 4.36. The fourth-order valence-electron chi connectivity index (χ4n) is 3.00. The smallest absolute Gasteiger partial charge is 0.315 e. The number of amides is 2. The van der Waals surface area contributed by atoms with Crippen molar-refractivity contribution in [3.63, 3.8) is 0 Å². The molecule has 1 heterocycles. The molecular weight excluding hydrogens is 276 g/mol. The molecule has 1 aromatic heterocycles. The zero-order chi connectivity index (χ0) is 15.9. The number of nitrogens with one attached hydrogen (secondary N) is 2. The van der Waals surface area contributed by atoms with E-state index in [0.717, 1.165) is 29.9 Å². The van der Waals surface area contributed by atoms with Crippen LogP contribution in [0.3, 0.4) is 0 Å². The van der Waals surface area contributed by atoms with Crippen molar-refractivity contribution in [2.75, 3.05) is 6.54 Å². The quantitative estimate of drug-likeness (QED) is 0.793. The maximum Gasteiger partial charge on any atom is 0.315 e. The standard InChI is InChI=1S/C17H28N4O/c1-4-21-14(3)16(13(2)20-21)12-19-17(22)18-11-10-15-8-6-5-7-9-15/h8H,4-7,9-12H2,1-3H3,(H2,18,19,22). The molecule has 5 heteroatoms. The second-order valence-corrected chi connectivity index (χ2v) is 5.93. The minimum atomic E-state index is -0.0977. The van der Waals surface area contributed by atoms with Crippen LogP contribution in [0, 0.1) is 13.8 Å². The van der Waals surface area contributed by atoms with Gasteiger partial charge in [0.1, 0.15) is 0 Å². The lowest BCUT2D eigenvalue weighted by molar-refractivity contribution is 0.240. The van der Waals surface area contributed by atoms with Gasteiger partial charge in [-0.2, -0.15) is 5.10 Å². The summed E-state index contributed by atoms with van der Waals surface area (Å²) in [6, 6.07) is -0.0977. The molecule has 0 aliphatic heterocycles. The number of allylic oxidation sites excluding steroid dienone is 1. The fraction of sp³-hybridized carbons (Fsp3) is 0.647. The van der Waals surface area contributed by atoms with E-state index in [-0.39, 0.29) is 6.03 Å². The molecule has 0 aromatic carbocycles. The largest absolute Gasteiger partial charge is 0.338 e. The average molecular weight is 304 g/mol. The molecule has 0 bridgehead atoms. The molecule has 5 nitrogen and oxygen atoms in total. The monoisotopic (exact) mass is 304 g/mol. The molecule has 0 atom stereocenters.